The Labute approximate surface area is 113 Å². The molecular weight excluding hydrogens is 220 g/mol. The van der Waals surface area contributed by atoms with E-state index in [0.717, 1.165) is 11.5 Å². The zero-order valence-electron chi connectivity index (χ0n) is 12.3. The molecule has 1 heterocycles. The minimum atomic E-state index is 0.495. The molecule has 2 aliphatic carbocycles. The van der Waals surface area contributed by atoms with Gasteiger partial charge in [0.05, 0.1) is 0 Å². The van der Waals surface area contributed by atoms with Gasteiger partial charge in [-0.05, 0) is 44.4 Å². The molecule has 0 bridgehead atoms. The Balaban J connectivity index is 1.63. The molecule has 1 aliphatic heterocycles. The summed E-state index contributed by atoms with van der Waals surface area (Å²) in [6.45, 7) is 8.67. The molecule has 2 saturated carbocycles. The molecule has 1 atom stereocenters. The van der Waals surface area contributed by atoms with E-state index in [4.69, 9.17) is 0 Å². The normalized spacial score (nSPS) is 34.0. The maximum atomic E-state index is 3.87. The number of nitrogens with zero attached hydrogens (tertiary/aromatic N) is 1. The molecule has 2 heteroatoms. The first-order valence-electron chi connectivity index (χ1n) is 8.16. The fourth-order valence-corrected chi connectivity index (χ4v) is 4.32. The number of hydrogen-bond donors (Lipinski definition) is 1. The highest BCUT2D eigenvalue weighted by atomic mass is 15.3. The van der Waals surface area contributed by atoms with E-state index in [1.54, 1.807) is 0 Å². The predicted molar refractivity (Wildman–Crippen MR) is 76.8 cm³/mol. The summed E-state index contributed by atoms with van der Waals surface area (Å²) in [6, 6.07) is 0.741. The van der Waals surface area contributed by atoms with Crippen molar-refractivity contribution in [2.75, 3.05) is 19.6 Å². The van der Waals surface area contributed by atoms with Gasteiger partial charge in [-0.25, -0.2) is 0 Å². The molecule has 1 spiro atoms. The van der Waals surface area contributed by atoms with Crippen molar-refractivity contribution in [3.05, 3.63) is 0 Å². The Kier molecular flexibility index (Phi) is 3.44. The molecule has 0 aromatic rings. The summed E-state index contributed by atoms with van der Waals surface area (Å²) in [7, 11) is 0. The van der Waals surface area contributed by atoms with Crippen molar-refractivity contribution in [2.24, 2.45) is 5.41 Å². The molecule has 1 saturated heterocycles. The number of nitrogens with one attached hydrogen (secondary N) is 1. The molecule has 0 aromatic carbocycles. The van der Waals surface area contributed by atoms with Crippen LogP contribution in [0.3, 0.4) is 0 Å². The van der Waals surface area contributed by atoms with E-state index in [0.29, 0.717) is 5.54 Å². The van der Waals surface area contributed by atoms with Gasteiger partial charge in [-0.1, -0.05) is 26.2 Å². The van der Waals surface area contributed by atoms with Gasteiger partial charge in [-0.2, -0.15) is 0 Å². The van der Waals surface area contributed by atoms with Crippen molar-refractivity contribution >= 4 is 0 Å². The summed E-state index contributed by atoms with van der Waals surface area (Å²) >= 11 is 0. The van der Waals surface area contributed by atoms with E-state index in [2.05, 4.69) is 24.1 Å². The van der Waals surface area contributed by atoms with Crippen LogP contribution in [0.1, 0.15) is 65.2 Å². The summed E-state index contributed by atoms with van der Waals surface area (Å²) in [5.74, 6) is 0. The number of rotatable bonds is 4. The van der Waals surface area contributed by atoms with E-state index < -0.39 is 0 Å². The highest BCUT2D eigenvalue weighted by Crippen LogP contribution is 2.51. The van der Waals surface area contributed by atoms with Gasteiger partial charge in [0.1, 0.15) is 0 Å². The van der Waals surface area contributed by atoms with Crippen LogP contribution in [0, 0.1) is 5.41 Å². The maximum Gasteiger partial charge on any atom is 0.0309 e. The highest BCUT2D eigenvalue weighted by Gasteiger charge is 2.46. The van der Waals surface area contributed by atoms with Crippen LogP contribution < -0.4 is 5.32 Å². The summed E-state index contributed by atoms with van der Waals surface area (Å²) in [4.78, 5) is 2.82. The average molecular weight is 250 g/mol. The third kappa shape index (κ3) is 2.46. The van der Waals surface area contributed by atoms with Gasteiger partial charge in [0, 0.05) is 31.2 Å². The van der Waals surface area contributed by atoms with Crippen molar-refractivity contribution in [3.63, 3.8) is 0 Å². The lowest BCUT2D eigenvalue weighted by atomic mass is 9.90. The molecule has 18 heavy (non-hydrogen) atoms. The Hall–Kier alpha value is -0.0800. The Morgan fingerprint density at radius 2 is 1.89 bits per heavy atom. The summed E-state index contributed by atoms with van der Waals surface area (Å²) in [5, 5.41) is 3.87. The molecule has 0 radical (unpaired) electrons. The van der Waals surface area contributed by atoms with Crippen molar-refractivity contribution < 1.29 is 0 Å². The lowest BCUT2D eigenvalue weighted by Gasteiger charge is -2.46. The zero-order chi connectivity index (χ0) is 12.6. The van der Waals surface area contributed by atoms with Gasteiger partial charge < -0.3 is 5.32 Å². The highest BCUT2D eigenvalue weighted by molar-refractivity contribution is 5.03. The van der Waals surface area contributed by atoms with Crippen molar-refractivity contribution in [1.29, 1.82) is 0 Å². The third-order valence-electron chi connectivity index (χ3n) is 5.74. The lowest BCUT2D eigenvalue weighted by Crippen LogP contribution is -2.63. The summed E-state index contributed by atoms with van der Waals surface area (Å²) in [6.07, 6.45) is 11.5. The fraction of sp³-hybridized carbons (Fsp3) is 1.00. The van der Waals surface area contributed by atoms with E-state index >= 15 is 0 Å². The van der Waals surface area contributed by atoms with E-state index in [1.165, 1.54) is 71.0 Å². The van der Waals surface area contributed by atoms with Gasteiger partial charge in [-0.3, -0.25) is 4.90 Å². The smallest absolute Gasteiger partial charge is 0.0309 e. The second-order valence-electron chi connectivity index (χ2n) is 7.37. The van der Waals surface area contributed by atoms with Crippen LogP contribution in [0.5, 0.6) is 0 Å². The van der Waals surface area contributed by atoms with E-state index in [9.17, 15) is 0 Å². The second-order valence-corrected chi connectivity index (χ2v) is 7.37. The summed E-state index contributed by atoms with van der Waals surface area (Å²) in [5.41, 5.74) is 1.22. The van der Waals surface area contributed by atoms with Crippen LogP contribution in [0.2, 0.25) is 0 Å². The van der Waals surface area contributed by atoms with Crippen LogP contribution >= 0.6 is 0 Å². The van der Waals surface area contributed by atoms with Crippen molar-refractivity contribution in [1.82, 2.24) is 10.2 Å². The van der Waals surface area contributed by atoms with Crippen molar-refractivity contribution in [2.45, 2.75) is 76.8 Å². The van der Waals surface area contributed by atoms with Gasteiger partial charge in [-0.15, -0.1) is 0 Å². The molecule has 0 amide bonds. The second kappa shape index (κ2) is 4.79. The van der Waals surface area contributed by atoms with Gasteiger partial charge in [0.2, 0.25) is 0 Å². The first-order chi connectivity index (χ1) is 8.67. The molecule has 3 fully saturated rings. The number of piperazine rings is 1. The maximum absolute atomic E-state index is 3.87. The molecule has 1 N–H and O–H groups in total. The number of hydrogen-bond acceptors (Lipinski definition) is 2. The van der Waals surface area contributed by atoms with Crippen LogP contribution in [-0.2, 0) is 0 Å². The first-order valence-corrected chi connectivity index (χ1v) is 8.16. The Morgan fingerprint density at radius 3 is 2.50 bits per heavy atom. The van der Waals surface area contributed by atoms with Gasteiger partial charge in [0.25, 0.3) is 0 Å². The fourth-order valence-electron chi connectivity index (χ4n) is 4.32. The Morgan fingerprint density at radius 1 is 1.17 bits per heavy atom. The van der Waals surface area contributed by atoms with Crippen LogP contribution in [0.25, 0.3) is 0 Å². The lowest BCUT2D eigenvalue weighted by molar-refractivity contribution is 0.0679. The minimum Gasteiger partial charge on any atom is -0.308 e. The monoisotopic (exact) mass is 250 g/mol. The zero-order valence-corrected chi connectivity index (χ0v) is 12.3. The molecule has 0 aromatic heterocycles. The standard InChI is InChI=1S/C16H30N2/c1-3-6-15(9-10-15)12-18-13-16(7-4-5-8-16)17-11-14(18)2/h14,17H,3-13H2,1-2H3. The quantitative estimate of drug-likeness (QED) is 0.824. The minimum absolute atomic E-state index is 0.495. The van der Waals surface area contributed by atoms with Crippen LogP contribution in [-0.4, -0.2) is 36.1 Å². The van der Waals surface area contributed by atoms with Crippen LogP contribution in [0.15, 0.2) is 0 Å². The molecule has 1 unspecified atom stereocenters. The molecule has 2 nitrogen and oxygen atoms in total. The van der Waals surface area contributed by atoms with Crippen molar-refractivity contribution in [3.8, 4) is 0 Å². The van der Waals surface area contributed by atoms with E-state index in [-0.39, 0.29) is 0 Å². The van der Waals surface area contributed by atoms with Gasteiger partial charge in [0.15, 0.2) is 0 Å². The predicted octanol–water partition coefficient (Wildman–Crippen LogP) is 3.17. The van der Waals surface area contributed by atoms with E-state index in [1.807, 2.05) is 0 Å². The largest absolute Gasteiger partial charge is 0.308 e. The topological polar surface area (TPSA) is 15.3 Å². The third-order valence-corrected chi connectivity index (χ3v) is 5.74. The molecule has 3 aliphatic rings. The first kappa shape index (κ1) is 12.9. The SMILES string of the molecule is CCCC1(CN2CC3(CCCC3)NCC2C)CC1. The van der Waals surface area contributed by atoms with Gasteiger partial charge >= 0.3 is 0 Å². The Bertz CT molecular complexity index is 289. The van der Waals surface area contributed by atoms with Crippen LogP contribution in [0.4, 0.5) is 0 Å². The molecule has 104 valence electrons. The summed E-state index contributed by atoms with van der Waals surface area (Å²) < 4.78 is 0. The molecular formula is C16H30N2. The molecule has 3 rings (SSSR count). The average Bonchev–Trinajstić information content (AvgIpc) is 2.95.